The Balaban J connectivity index is 1.20. The van der Waals surface area contributed by atoms with Gasteiger partial charge in [0.25, 0.3) is 5.91 Å². The third-order valence-electron chi connectivity index (χ3n) is 8.72. The molecule has 0 unspecified atom stereocenters. The van der Waals surface area contributed by atoms with Crippen LogP contribution in [0.4, 0.5) is 4.39 Å². The first-order chi connectivity index (χ1) is 19.6. The monoisotopic (exact) mass is 546 g/mol. The summed E-state index contributed by atoms with van der Waals surface area (Å²) in [6.45, 7) is 0.930. The van der Waals surface area contributed by atoms with Crippen molar-refractivity contribution >= 4 is 22.8 Å². The van der Waals surface area contributed by atoms with E-state index in [1.165, 1.54) is 62.8 Å². The van der Waals surface area contributed by atoms with Gasteiger partial charge in [0.1, 0.15) is 18.2 Å². The van der Waals surface area contributed by atoms with Crippen LogP contribution < -0.4 is 5.32 Å². The molecule has 7 heteroatoms. The molecule has 40 heavy (non-hydrogen) atoms. The van der Waals surface area contributed by atoms with Crippen LogP contribution in [-0.2, 0) is 17.8 Å². The van der Waals surface area contributed by atoms with E-state index < -0.39 is 0 Å². The fourth-order valence-corrected chi connectivity index (χ4v) is 6.62. The second-order valence-electron chi connectivity index (χ2n) is 11.6. The Morgan fingerprint density at radius 1 is 0.850 bits per heavy atom. The molecular weight excluding hydrogens is 503 g/mol. The van der Waals surface area contributed by atoms with Crippen LogP contribution in [0.5, 0.6) is 0 Å². The molecule has 0 bridgehead atoms. The summed E-state index contributed by atoms with van der Waals surface area (Å²) in [7, 11) is 0. The van der Waals surface area contributed by atoms with Crippen molar-refractivity contribution in [2.45, 2.75) is 109 Å². The molecule has 2 amide bonds. The molecule has 0 saturated heterocycles. The number of hydrogen-bond donors (Lipinski definition) is 1. The summed E-state index contributed by atoms with van der Waals surface area (Å²) >= 11 is 0. The van der Waals surface area contributed by atoms with Crippen molar-refractivity contribution in [2.24, 2.45) is 0 Å². The number of unbranched alkanes of at least 4 members (excludes halogenated alkanes) is 2. The van der Waals surface area contributed by atoms with Gasteiger partial charge in [-0.1, -0.05) is 57.1 Å². The number of carbonyl (C=O) groups excluding carboxylic acids is 2. The molecule has 2 saturated carbocycles. The highest BCUT2D eigenvalue weighted by molar-refractivity contribution is 5.94. The van der Waals surface area contributed by atoms with Crippen molar-refractivity contribution in [3.8, 4) is 0 Å². The number of nitrogens with zero attached hydrogens (tertiary/aromatic N) is 3. The van der Waals surface area contributed by atoms with E-state index in [1.54, 1.807) is 0 Å². The van der Waals surface area contributed by atoms with Crippen LogP contribution in [0.15, 0.2) is 48.5 Å². The van der Waals surface area contributed by atoms with Gasteiger partial charge in [-0.15, -0.1) is 0 Å². The van der Waals surface area contributed by atoms with E-state index >= 15 is 0 Å². The second-order valence-corrected chi connectivity index (χ2v) is 11.6. The number of para-hydroxylation sites is 2. The third kappa shape index (κ3) is 7.10. The Labute approximate surface area is 237 Å². The normalized spacial score (nSPS) is 16.7. The highest BCUT2D eigenvalue weighted by Gasteiger charge is 2.33. The lowest BCUT2D eigenvalue weighted by Gasteiger charge is -2.42. The highest BCUT2D eigenvalue weighted by Crippen LogP contribution is 2.31. The van der Waals surface area contributed by atoms with Gasteiger partial charge in [-0.2, -0.15) is 0 Å². The predicted molar refractivity (Wildman–Crippen MR) is 157 cm³/mol. The molecule has 2 aromatic carbocycles. The standard InChI is InChI=1S/C33H43FN4O2/c34-26-21-19-25(20-22-26)33(40)35-23-11-3-8-18-31-36-29-16-9-10-17-30(29)37(31)24-32(39)38(27-12-4-1-5-13-27)28-14-6-2-7-15-28/h9-10,16-17,19-22,27-28H,1-8,11-15,18,23-24H2,(H,35,40). The quantitative estimate of drug-likeness (QED) is 0.269. The third-order valence-corrected chi connectivity index (χ3v) is 8.72. The number of halogens is 1. The summed E-state index contributed by atoms with van der Waals surface area (Å²) in [5.74, 6) is 0.699. The van der Waals surface area contributed by atoms with Gasteiger partial charge in [-0.3, -0.25) is 9.59 Å². The van der Waals surface area contributed by atoms with Crippen LogP contribution in [0.1, 0.15) is 99.7 Å². The molecule has 0 radical (unpaired) electrons. The number of hydrogen-bond acceptors (Lipinski definition) is 3. The summed E-state index contributed by atoms with van der Waals surface area (Å²) < 4.78 is 15.3. The molecule has 1 heterocycles. The summed E-state index contributed by atoms with van der Waals surface area (Å²) in [5, 5.41) is 2.92. The van der Waals surface area contributed by atoms with E-state index in [9.17, 15) is 14.0 Å². The molecule has 1 N–H and O–H groups in total. The number of carbonyl (C=O) groups is 2. The first-order valence-corrected chi connectivity index (χ1v) is 15.4. The summed E-state index contributed by atoms with van der Waals surface area (Å²) in [6, 6.07) is 14.5. The summed E-state index contributed by atoms with van der Waals surface area (Å²) in [4.78, 5) is 33.5. The van der Waals surface area contributed by atoms with E-state index in [1.807, 2.05) is 18.2 Å². The number of fused-ring (bicyclic) bond motifs is 1. The van der Waals surface area contributed by atoms with Gasteiger partial charge in [0.05, 0.1) is 11.0 Å². The SMILES string of the molecule is O=C(NCCCCCc1nc2ccccc2n1CC(=O)N(C1CCCCC1)C1CCCCC1)c1ccc(F)cc1. The minimum atomic E-state index is -0.347. The zero-order valence-electron chi connectivity index (χ0n) is 23.6. The summed E-state index contributed by atoms with van der Waals surface area (Å²) in [6.07, 6.45) is 15.5. The molecule has 3 aromatic rings. The molecule has 0 aliphatic heterocycles. The summed E-state index contributed by atoms with van der Waals surface area (Å²) in [5.41, 5.74) is 2.44. The van der Waals surface area contributed by atoms with Gasteiger partial charge in [-0.05, 0) is 74.9 Å². The Hall–Kier alpha value is -3.22. The molecule has 2 fully saturated rings. The maximum absolute atomic E-state index is 14.0. The Bertz CT molecular complexity index is 1240. The zero-order valence-corrected chi connectivity index (χ0v) is 23.6. The van der Waals surface area contributed by atoms with Gasteiger partial charge in [0, 0.05) is 30.6 Å². The van der Waals surface area contributed by atoms with Crippen molar-refractivity contribution in [2.75, 3.05) is 6.54 Å². The van der Waals surface area contributed by atoms with Crippen molar-refractivity contribution in [3.63, 3.8) is 0 Å². The fraction of sp³-hybridized carbons (Fsp3) is 0.545. The first kappa shape index (κ1) is 28.3. The lowest BCUT2D eigenvalue weighted by Crippen LogP contribution is -2.50. The maximum Gasteiger partial charge on any atom is 0.251 e. The number of nitrogens with one attached hydrogen (secondary N) is 1. The van der Waals surface area contributed by atoms with Crippen molar-refractivity contribution < 1.29 is 14.0 Å². The first-order valence-electron chi connectivity index (χ1n) is 15.4. The Morgan fingerprint density at radius 2 is 1.50 bits per heavy atom. The molecule has 1 aromatic heterocycles. The fourth-order valence-electron chi connectivity index (χ4n) is 6.62. The lowest BCUT2D eigenvalue weighted by atomic mass is 9.88. The van der Waals surface area contributed by atoms with Gasteiger partial charge in [0.15, 0.2) is 0 Å². The van der Waals surface area contributed by atoms with Crippen LogP contribution >= 0.6 is 0 Å². The van der Waals surface area contributed by atoms with Crippen LogP contribution in [0.2, 0.25) is 0 Å². The number of amides is 2. The second kappa shape index (κ2) is 13.9. The molecule has 214 valence electrons. The Kier molecular flexibility index (Phi) is 9.85. The van der Waals surface area contributed by atoms with Gasteiger partial charge < -0.3 is 14.8 Å². The smallest absolute Gasteiger partial charge is 0.251 e. The van der Waals surface area contributed by atoms with E-state index in [0.29, 0.717) is 30.7 Å². The minimum Gasteiger partial charge on any atom is -0.352 e. The van der Waals surface area contributed by atoms with Gasteiger partial charge in [-0.25, -0.2) is 9.37 Å². The molecule has 5 rings (SSSR count). The highest BCUT2D eigenvalue weighted by atomic mass is 19.1. The van der Waals surface area contributed by atoms with Crippen molar-refractivity contribution in [3.05, 3.63) is 65.7 Å². The number of aromatic nitrogens is 2. The average molecular weight is 547 g/mol. The van der Waals surface area contributed by atoms with E-state index in [4.69, 9.17) is 4.98 Å². The molecule has 0 atom stereocenters. The molecule has 2 aliphatic carbocycles. The van der Waals surface area contributed by atoms with Gasteiger partial charge in [0.2, 0.25) is 5.91 Å². The minimum absolute atomic E-state index is 0.180. The van der Waals surface area contributed by atoms with Crippen molar-refractivity contribution in [1.29, 1.82) is 0 Å². The zero-order chi connectivity index (χ0) is 27.7. The van der Waals surface area contributed by atoms with Crippen LogP contribution in [0.3, 0.4) is 0 Å². The number of aryl methyl sites for hydroxylation is 1. The number of imidazole rings is 1. The lowest BCUT2D eigenvalue weighted by molar-refractivity contribution is -0.138. The average Bonchev–Trinajstić information content (AvgIpc) is 3.33. The molecule has 2 aliphatic rings. The predicted octanol–water partition coefficient (Wildman–Crippen LogP) is 6.81. The molecule has 0 spiro atoms. The molecular formula is C33H43FN4O2. The Morgan fingerprint density at radius 3 is 2.17 bits per heavy atom. The topological polar surface area (TPSA) is 67.2 Å². The number of benzene rings is 2. The van der Waals surface area contributed by atoms with E-state index in [0.717, 1.165) is 68.2 Å². The van der Waals surface area contributed by atoms with Crippen LogP contribution in [0.25, 0.3) is 11.0 Å². The van der Waals surface area contributed by atoms with Crippen LogP contribution in [-0.4, -0.2) is 44.9 Å². The maximum atomic E-state index is 14.0. The number of rotatable bonds is 11. The van der Waals surface area contributed by atoms with Crippen LogP contribution in [0, 0.1) is 5.82 Å². The van der Waals surface area contributed by atoms with Gasteiger partial charge >= 0.3 is 0 Å². The van der Waals surface area contributed by atoms with Crippen molar-refractivity contribution in [1.82, 2.24) is 19.8 Å². The molecule has 6 nitrogen and oxygen atoms in total. The largest absolute Gasteiger partial charge is 0.352 e. The van der Waals surface area contributed by atoms with E-state index in [2.05, 4.69) is 20.9 Å². The van der Waals surface area contributed by atoms with E-state index in [-0.39, 0.29) is 17.6 Å².